The van der Waals surface area contributed by atoms with Crippen molar-refractivity contribution in [1.29, 1.82) is 0 Å². The summed E-state index contributed by atoms with van der Waals surface area (Å²) in [6.45, 7) is -1.63. The van der Waals surface area contributed by atoms with Crippen LogP contribution >= 0.6 is 0 Å². The molecule has 28 atom stereocenters. The number of ether oxygens (including phenoxy) is 11. The summed E-state index contributed by atoms with van der Waals surface area (Å²) in [5.41, 5.74) is 0. The molecule has 0 amide bonds. The van der Waals surface area contributed by atoms with Gasteiger partial charge in [0.15, 0.2) is 25.0 Å². The summed E-state index contributed by atoms with van der Waals surface area (Å²) < 4.78 is 136. The lowest BCUT2D eigenvalue weighted by atomic mass is 9.79. The molecule has 80 heavy (non-hydrogen) atoms. The smallest absolute Gasteiger partial charge is 0.397 e. The Morgan fingerprint density at radius 3 is 1.40 bits per heavy atom. The standard InChI is InChI=1S/C43H70O35S2/c1-13-16(18(28(49)23(5-44)71-13)10-69-42-33(54)36(77-79(60,61)62)26(47)14(2)72-42)8-67-41-32(53)30(51)20(35(76-41)39(58)59)7-66-12-25-17(9-68-40-31(52)21(46)4-22(75-40)38(56)57)19(29(50)24(6-45)74-25)11-70-43-34(55)37(78-80(63,64)65)27(48)15(3)73-43/h4,13-21,23-37,40-55H,5-12H2,1-3H3,(H,56,57)(H,58,59)(H,60,61,62)(H,63,64,65). The SMILES string of the molecule is CC1OC(OCC2C(O)C(CO)OC(C)C2COC2OC(C(=O)O)C(COCC3OC(CO)C(O)C(COC4OC(C)C(O)C(OS(=O)(=O)O)C4O)C3COC3OC(C(=O)O)=CC(O)C3O)C(O)C2O)C(O)C(OS(=O)(=O)O)C1O. The van der Waals surface area contributed by atoms with Crippen molar-refractivity contribution in [2.75, 3.05) is 52.9 Å². The van der Waals surface area contributed by atoms with E-state index in [1.54, 1.807) is 0 Å². The number of carboxylic acids is 2. The first-order valence-electron chi connectivity index (χ1n) is 24.9. The minimum Gasteiger partial charge on any atom is -0.479 e. The zero-order chi connectivity index (χ0) is 59.5. The van der Waals surface area contributed by atoms with Gasteiger partial charge in [0, 0.05) is 29.6 Å². The number of aliphatic carboxylic acids is 2. The molecule has 0 aliphatic carbocycles. The van der Waals surface area contributed by atoms with Gasteiger partial charge >= 0.3 is 32.7 Å². The van der Waals surface area contributed by atoms with Crippen LogP contribution in [0.4, 0.5) is 0 Å². The van der Waals surface area contributed by atoms with Crippen LogP contribution in [0, 0.1) is 29.6 Å². The number of hydrogen-bond donors (Lipinski definition) is 16. The molecule has 35 nitrogen and oxygen atoms in total. The van der Waals surface area contributed by atoms with Gasteiger partial charge in [-0.3, -0.25) is 9.11 Å². The number of aliphatic hydroxyl groups is 12. The first-order chi connectivity index (χ1) is 37.4. The van der Waals surface area contributed by atoms with E-state index in [2.05, 4.69) is 8.37 Å². The van der Waals surface area contributed by atoms with E-state index in [-0.39, 0.29) is 0 Å². The third kappa shape index (κ3) is 16.0. The normalized spacial score (nSPS) is 44.9. The van der Waals surface area contributed by atoms with Crippen molar-refractivity contribution in [3.8, 4) is 0 Å². The fourth-order valence-electron chi connectivity index (χ4n) is 10.3. The molecule has 0 aromatic heterocycles. The number of aliphatic hydroxyl groups excluding tert-OH is 12. The lowest BCUT2D eigenvalue weighted by molar-refractivity contribution is -0.309. The van der Waals surface area contributed by atoms with Crippen LogP contribution in [0.1, 0.15) is 20.8 Å². The third-order valence-electron chi connectivity index (χ3n) is 14.7. The average molecular weight is 1210 g/mol. The van der Waals surface area contributed by atoms with Crippen LogP contribution in [0.5, 0.6) is 0 Å². The quantitative estimate of drug-likeness (QED) is 0.0399. The van der Waals surface area contributed by atoms with Gasteiger partial charge in [0.2, 0.25) is 12.0 Å². The van der Waals surface area contributed by atoms with E-state index in [0.717, 1.165) is 0 Å². The van der Waals surface area contributed by atoms with E-state index in [4.69, 9.17) is 52.1 Å². The average Bonchev–Trinajstić information content (AvgIpc) is 3.39. The zero-order valence-electron chi connectivity index (χ0n) is 42.6. The maximum atomic E-state index is 12.8. The Labute approximate surface area is 455 Å². The van der Waals surface area contributed by atoms with E-state index < -0.39 is 262 Å². The highest BCUT2D eigenvalue weighted by molar-refractivity contribution is 7.81. The van der Waals surface area contributed by atoms with E-state index in [9.17, 15) is 107 Å². The molecule has 0 radical (unpaired) electrons. The Morgan fingerprint density at radius 2 is 0.925 bits per heavy atom. The molecule has 0 aromatic carbocycles. The number of rotatable bonds is 24. The second-order valence-electron chi connectivity index (χ2n) is 20.0. The van der Waals surface area contributed by atoms with Gasteiger partial charge in [0.1, 0.15) is 67.1 Å². The van der Waals surface area contributed by atoms with Crippen molar-refractivity contribution >= 4 is 32.7 Å². The molecular weight excluding hydrogens is 1140 g/mol. The Hall–Kier alpha value is -2.66. The molecule has 5 fully saturated rings. The fourth-order valence-corrected chi connectivity index (χ4v) is 11.3. The predicted octanol–water partition coefficient (Wildman–Crippen LogP) is -8.70. The van der Waals surface area contributed by atoms with E-state index >= 15 is 0 Å². The van der Waals surface area contributed by atoms with Crippen LogP contribution in [0.3, 0.4) is 0 Å². The Kier molecular flexibility index (Phi) is 23.3. The minimum atomic E-state index is -5.27. The van der Waals surface area contributed by atoms with Gasteiger partial charge in [-0.15, -0.1) is 0 Å². The topological polar surface area (TPSA) is 546 Å². The van der Waals surface area contributed by atoms with Crippen LogP contribution in [0.2, 0.25) is 0 Å². The maximum Gasteiger partial charge on any atom is 0.397 e. The highest BCUT2D eigenvalue weighted by Gasteiger charge is 2.54. The van der Waals surface area contributed by atoms with E-state index in [0.29, 0.717) is 6.08 Å². The second kappa shape index (κ2) is 28.0. The lowest BCUT2D eigenvalue weighted by Gasteiger charge is -2.47. The van der Waals surface area contributed by atoms with Gasteiger partial charge in [-0.2, -0.15) is 16.8 Å². The van der Waals surface area contributed by atoms with Crippen LogP contribution in [-0.4, -0.2) is 303 Å². The molecule has 37 heteroatoms. The molecular formula is C43H70O35S2. The highest BCUT2D eigenvalue weighted by Crippen LogP contribution is 2.38. The molecule has 6 aliphatic heterocycles. The molecule has 5 saturated heterocycles. The first kappa shape index (κ1) is 66.5. The summed E-state index contributed by atoms with van der Waals surface area (Å²) in [6, 6.07) is 0. The predicted molar refractivity (Wildman–Crippen MR) is 248 cm³/mol. The van der Waals surface area contributed by atoms with Gasteiger partial charge in [-0.05, 0) is 26.8 Å². The third-order valence-corrected chi connectivity index (χ3v) is 15.7. The monoisotopic (exact) mass is 1210 g/mol. The summed E-state index contributed by atoms with van der Waals surface area (Å²) in [5.74, 6) is -10.6. The number of carboxylic acid groups (broad SMARTS) is 2. The molecule has 6 aliphatic rings. The maximum absolute atomic E-state index is 12.8. The molecule has 0 bridgehead atoms. The molecule has 6 rings (SSSR count). The fraction of sp³-hybridized carbons (Fsp3) is 0.907. The van der Waals surface area contributed by atoms with Crippen molar-refractivity contribution in [3.63, 3.8) is 0 Å². The molecule has 464 valence electrons. The Bertz CT molecular complexity index is 2280. The molecule has 16 N–H and O–H groups in total. The Balaban J connectivity index is 1.16. The Morgan fingerprint density at radius 1 is 0.475 bits per heavy atom. The van der Waals surface area contributed by atoms with E-state index in [1.165, 1.54) is 20.8 Å². The zero-order valence-corrected chi connectivity index (χ0v) is 44.3. The van der Waals surface area contributed by atoms with Crippen LogP contribution in [-0.2, 0) is 90.9 Å². The second-order valence-corrected chi connectivity index (χ2v) is 22.1. The summed E-state index contributed by atoms with van der Waals surface area (Å²) in [6.07, 6.45) is -39.3. The van der Waals surface area contributed by atoms with Gasteiger partial charge in [-0.1, -0.05) is 0 Å². The van der Waals surface area contributed by atoms with Crippen LogP contribution in [0.15, 0.2) is 11.8 Å². The lowest BCUT2D eigenvalue weighted by Crippen LogP contribution is -2.61. The first-order valence-corrected chi connectivity index (χ1v) is 27.6. The highest BCUT2D eigenvalue weighted by atomic mass is 32.3. The van der Waals surface area contributed by atoms with Crippen LogP contribution in [0.25, 0.3) is 0 Å². The van der Waals surface area contributed by atoms with Gasteiger partial charge in [0.05, 0.1) is 95.6 Å². The summed E-state index contributed by atoms with van der Waals surface area (Å²) in [4.78, 5) is 24.5. The summed E-state index contributed by atoms with van der Waals surface area (Å²) in [5, 5.41) is 149. The van der Waals surface area contributed by atoms with Gasteiger partial charge in [0.25, 0.3) is 0 Å². The van der Waals surface area contributed by atoms with Crippen molar-refractivity contribution in [2.24, 2.45) is 29.6 Å². The van der Waals surface area contributed by atoms with E-state index in [1.807, 2.05) is 0 Å². The number of hydrogen-bond acceptors (Lipinski definition) is 31. The minimum absolute atomic E-state index is 0.559. The van der Waals surface area contributed by atoms with Crippen molar-refractivity contribution < 1.29 is 167 Å². The largest absolute Gasteiger partial charge is 0.479 e. The van der Waals surface area contributed by atoms with Gasteiger partial charge in [-0.25, -0.2) is 18.0 Å². The van der Waals surface area contributed by atoms with Crippen molar-refractivity contribution in [2.45, 2.75) is 162 Å². The van der Waals surface area contributed by atoms with Crippen LogP contribution < -0.4 is 0 Å². The summed E-state index contributed by atoms with van der Waals surface area (Å²) >= 11 is 0. The summed E-state index contributed by atoms with van der Waals surface area (Å²) in [7, 11) is -10.5. The molecule has 6 heterocycles. The number of carbonyl (C=O) groups is 2. The molecule has 0 saturated carbocycles. The van der Waals surface area contributed by atoms with Gasteiger partial charge < -0.3 is 124 Å². The van der Waals surface area contributed by atoms with Crippen molar-refractivity contribution in [1.82, 2.24) is 0 Å². The van der Waals surface area contributed by atoms with Crippen molar-refractivity contribution in [3.05, 3.63) is 11.8 Å². The molecule has 28 unspecified atom stereocenters. The molecule has 0 spiro atoms. The molecule has 0 aromatic rings.